The van der Waals surface area contributed by atoms with Gasteiger partial charge in [-0.15, -0.1) is 0 Å². The van der Waals surface area contributed by atoms with E-state index in [-0.39, 0.29) is 18.7 Å². The van der Waals surface area contributed by atoms with E-state index in [9.17, 15) is 9.59 Å². The van der Waals surface area contributed by atoms with Gasteiger partial charge >= 0.3 is 5.97 Å². The second-order valence-electron chi connectivity index (χ2n) is 4.17. The predicted octanol–water partition coefficient (Wildman–Crippen LogP) is 1.59. The van der Waals surface area contributed by atoms with Crippen molar-refractivity contribution in [1.29, 1.82) is 0 Å². The van der Waals surface area contributed by atoms with E-state index in [0.717, 1.165) is 16.9 Å². The molecular weight excluding hydrogens is 220 g/mol. The average Bonchev–Trinajstić information content (AvgIpc) is 2.26. The lowest BCUT2D eigenvalue weighted by Gasteiger charge is -2.26. The van der Waals surface area contributed by atoms with Crippen LogP contribution in [0.15, 0.2) is 18.2 Å². The minimum absolute atomic E-state index is 0.0216. The standard InChI is InChI=1S/C12H14N2O3/c1-7-2-3-8-10(6-7)13-9(12(17)14-8)4-5-11(15)16/h2-3,6,9,13H,4-5H2,1H3,(H,14,17)(H,15,16). The molecule has 0 bridgehead atoms. The van der Waals surface area contributed by atoms with Gasteiger partial charge in [-0.3, -0.25) is 9.59 Å². The highest BCUT2D eigenvalue weighted by atomic mass is 16.4. The number of carboxylic acids is 1. The summed E-state index contributed by atoms with van der Waals surface area (Å²) in [5, 5.41) is 14.4. The maximum Gasteiger partial charge on any atom is 0.303 e. The molecule has 1 aliphatic heterocycles. The minimum atomic E-state index is -0.894. The first-order valence-corrected chi connectivity index (χ1v) is 5.46. The molecule has 0 saturated heterocycles. The summed E-state index contributed by atoms with van der Waals surface area (Å²) >= 11 is 0. The van der Waals surface area contributed by atoms with Gasteiger partial charge in [0, 0.05) is 6.42 Å². The minimum Gasteiger partial charge on any atom is -0.481 e. The molecule has 0 spiro atoms. The number of fused-ring (bicyclic) bond motifs is 1. The number of aliphatic carboxylic acids is 1. The van der Waals surface area contributed by atoms with Gasteiger partial charge in [0.25, 0.3) is 0 Å². The molecule has 0 saturated carbocycles. The van der Waals surface area contributed by atoms with Crippen LogP contribution in [0.1, 0.15) is 18.4 Å². The summed E-state index contributed by atoms with van der Waals surface area (Å²) in [6, 6.07) is 5.21. The van der Waals surface area contributed by atoms with Gasteiger partial charge in [0.1, 0.15) is 6.04 Å². The summed E-state index contributed by atoms with van der Waals surface area (Å²) in [5.74, 6) is -1.07. The molecule has 0 radical (unpaired) electrons. The number of amides is 1. The predicted molar refractivity (Wildman–Crippen MR) is 64.1 cm³/mol. The van der Waals surface area contributed by atoms with Gasteiger partial charge in [-0.1, -0.05) is 6.07 Å². The second-order valence-corrected chi connectivity index (χ2v) is 4.17. The van der Waals surface area contributed by atoms with Crippen LogP contribution in [0.3, 0.4) is 0 Å². The van der Waals surface area contributed by atoms with Gasteiger partial charge in [0.05, 0.1) is 11.4 Å². The van der Waals surface area contributed by atoms with Crippen LogP contribution in [-0.2, 0) is 9.59 Å². The smallest absolute Gasteiger partial charge is 0.303 e. The Bertz CT molecular complexity index is 471. The summed E-state index contributed by atoms with van der Waals surface area (Å²) in [6.07, 6.45) is 0.265. The fourth-order valence-corrected chi connectivity index (χ4v) is 1.83. The maximum atomic E-state index is 11.7. The summed E-state index contributed by atoms with van der Waals surface area (Å²) in [7, 11) is 0. The van der Waals surface area contributed by atoms with Gasteiger partial charge in [0.2, 0.25) is 5.91 Å². The zero-order valence-corrected chi connectivity index (χ0v) is 9.49. The van der Waals surface area contributed by atoms with E-state index in [2.05, 4.69) is 10.6 Å². The van der Waals surface area contributed by atoms with Crippen molar-refractivity contribution in [2.24, 2.45) is 0 Å². The molecule has 5 heteroatoms. The Morgan fingerprint density at radius 1 is 1.41 bits per heavy atom. The zero-order chi connectivity index (χ0) is 12.4. The number of carbonyl (C=O) groups is 2. The van der Waals surface area contributed by atoms with Gasteiger partial charge in [-0.2, -0.15) is 0 Å². The van der Waals surface area contributed by atoms with E-state index in [4.69, 9.17) is 5.11 Å². The molecule has 1 aliphatic rings. The number of carboxylic acid groups (broad SMARTS) is 1. The van der Waals surface area contributed by atoms with Crippen LogP contribution in [-0.4, -0.2) is 23.0 Å². The van der Waals surface area contributed by atoms with Crippen molar-refractivity contribution in [3.05, 3.63) is 23.8 Å². The van der Waals surface area contributed by atoms with Crippen molar-refractivity contribution in [2.45, 2.75) is 25.8 Å². The fraction of sp³-hybridized carbons (Fsp3) is 0.333. The van der Waals surface area contributed by atoms with Crippen LogP contribution >= 0.6 is 0 Å². The Balaban J connectivity index is 2.14. The highest BCUT2D eigenvalue weighted by Gasteiger charge is 2.25. The van der Waals surface area contributed by atoms with E-state index >= 15 is 0 Å². The van der Waals surface area contributed by atoms with Crippen LogP contribution in [0.5, 0.6) is 0 Å². The average molecular weight is 234 g/mol. The summed E-state index contributed by atoms with van der Waals surface area (Å²) < 4.78 is 0. The molecule has 1 amide bonds. The van der Waals surface area contributed by atoms with E-state index < -0.39 is 12.0 Å². The van der Waals surface area contributed by atoms with Crippen LogP contribution in [0.4, 0.5) is 11.4 Å². The van der Waals surface area contributed by atoms with Gasteiger partial charge in [0.15, 0.2) is 0 Å². The number of rotatable bonds is 3. The molecule has 1 aromatic rings. The second kappa shape index (κ2) is 4.45. The molecule has 3 N–H and O–H groups in total. The molecule has 1 unspecified atom stereocenters. The number of hydrogen-bond acceptors (Lipinski definition) is 3. The Morgan fingerprint density at radius 3 is 2.88 bits per heavy atom. The Labute approximate surface area is 98.8 Å². The normalized spacial score (nSPS) is 17.9. The van der Waals surface area contributed by atoms with Crippen molar-refractivity contribution in [3.8, 4) is 0 Å². The maximum absolute atomic E-state index is 11.7. The fourth-order valence-electron chi connectivity index (χ4n) is 1.83. The van der Waals surface area contributed by atoms with Crippen LogP contribution in [0.2, 0.25) is 0 Å². The van der Waals surface area contributed by atoms with Crippen molar-refractivity contribution in [3.63, 3.8) is 0 Å². The first-order chi connectivity index (χ1) is 8.06. The highest BCUT2D eigenvalue weighted by Crippen LogP contribution is 2.28. The van der Waals surface area contributed by atoms with E-state index in [1.165, 1.54) is 0 Å². The van der Waals surface area contributed by atoms with E-state index in [1.54, 1.807) is 0 Å². The molecular formula is C12H14N2O3. The number of hydrogen-bond donors (Lipinski definition) is 3. The van der Waals surface area contributed by atoms with Crippen molar-refractivity contribution >= 4 is 23.3 Å². The quantitative estimate of drug-likeness (QED) is 0.742. The lowest BCUT2D eigenvalue weighted by molar-refractivity contribution is -0.137. The van der Waals surface area contributed by atoms with Crippen molar-refractivity contribution < 1.29 is 14.7 Å². The van der Waals surface area contributed by atoms with Gasteiger partial charge < -0.3 is 15.7 Å². The third kappa shape index (κ3) is 2.55. The summed E-state index contributed by atoms with van der Waals surface area (Å²) in [4.78, 5) is 22.2. The molecule has 0 fully saturated rings. The third-order valence-corrected chi connectivity index (χ3v) is 2.73. The van der Waals surface area contributed by atoms with Gasteiger partial charge in [-0.25, -0.2) is 0 Å². The molecule has 90 valence electrons. The topological polar surface area (TPSA) is 78.4 Å². The molecule has 1 atom stereocenters. The number of anilines is 2. The molecule has 0 aromatic heterocycles. The summed E-state index contributed by atoms with van der Waals surface area (Å²) in [6.45, 7) is 1.96. The Hall–Kier alpha value is -2.04. The van der Waals surface area contributed by atoms with Crippen LogP contribution in [0.25, 0.3) is 0 Å². The SMILES string of the molecule is Cc1ccc2c(c1)NC(CCC(=O)O)C(=O)N2. The van der Waals surface area contributed by atoms with Crippen LogP contribution < -0.4 is 10.6 Å². The van der Waals surface area contributed by atoms with Crippen molar-refractivity contribution in [2.75, 3.05) is 10.6 Å². The lowest BCUT2D eigenvalue weighted by Crippen LogP contribution is -2.39. The van der Waals surface area contributed by atoms with Gasteiger partial charge in [-0.05, 0) is 31.0 Å². The number of carbonyl (C=O) groups excluding carboxylic acids is 1. The number of aryl methyl sites for hydroxylation is 1. The molecule has 0 aliphatic carbocycles. The van der Waals surface area contributed by atoms with Crippen LogP contribution in [0, 0.1) is 6.92 Å². The highest BCUT2D eigenvalue weighted by molar-refractivity contribution is 6.03. The first-order valence-electron chi connectivity index (χ1n) is 5.46. The summed E-state index contributed by atoms with van der Waals surface area (Å²) in [5.41, 5.74) is 2.68. The number of benzene rings is 1. The molecule has 5 nitrogen and oxygen atoms in total. The Kier molecular flexibility index (Phi) is 2.99. The Morgan fingerprint density at radius 2 is 2.18 bits per heavy atom. The van der Waals surface area contributed by atoms with E-state index in [1.807, 2.05) is 25.1 Å². The molecule has 2 rings (SSSR count). The monoisotopic (exact) mass is 234 g/mol. The molecule has 1 heterocycles. The largest absolute Gasteiger partial charge is 0.481 e. The van der Waals surface area contributed by atoms with E-state index in [0.29, 0.717) is 0 Å². The first kappa shape index (κ1) is 11.4. The lowest BCUT2D eigenvalue weighted by atomic mass is 10.1. The number of nitrogens with one attached hydrogen (secondary N) is 2. The molecule has 17 heavy (non-hydrogen) atoms. The zero-order valence-electron chi connectivity index (χ0n) is 9.49. The third-order valence-electron chi connectivity index (χ3n) is 2.73. The molecule has 1 aromatic carbocycles. The van der Waals surface area contributed by atoms with Crippen molar-refractivity contribution in [1.82, 2.24) is 0 Å².